The summed E-state index contributed by atoms with van der Waals surface area (Å²) in [7, 11) is -2.00. The first-order valence-electron chi connectivity index (χ1n) is 7.33. The fourth-order valence-corrected chi connectivity index (χ4v) is 5.09. The topological polar surface area (TPSA) is 105 Å². The molecule has 0 radical (unpaired) electrons. The van der Waals surface area contributed by atoms with Gasteiger partial charge in [-0.25, -0.2) is 13.2 Å². The Hall–Kier alpha value is -1.94. The van der Waals surface area contributed by atoms with Crippen LogP contribution in [0.1, 0.15) is 17.8 Å². The zero-order valence-electron chi connectivity index (χ0n) is 13.2. The zero-order valence-corrected chi connectivity index (χ0v) is 14.1. The standard InChI is InChI=1S/C13H19N5O4S/c1-8-12(9(2)16(3)15-8)23(21,22)17-5-4-10(7-17)18-11(19)6-14-13(18)20/h10H,4-7H2,1-3H3,(H,14,20). The van der Waals surface area contributed by atoms with E-state index in [9.17, 15) is 18.0 Å². The third-order valence-electron chi connectivity index (χ3n) is 4.41. The Morgan fingerprint density at radius 3 is 2.48 bits per heavy atom. The number of carbonyl (C=O) groups is 2. The highest BCUT2D eigenvalue weighted by Crippen LogP contribution is 2.28. The Bertz CT molecular complexity index is 769. The van der Waals surface area contributed by atoms with E-state index in [4.69, 9.17) is 0 Å². The van der Waals surface area contributed by atoms with Gasteiger partial charge in [0.25, 0.3) is 0 Å². The van der Waals surface area contributed by atoms with Crippen molar-refractivity contribution in [1.29, 1.82) is 0 Å². The average Bonchev–Trinajstić information content (AvgIpc) is 3.11. The van der Waals surface area contributed by atoms with Gasteiger partial charge in [-0.3, -0.25) is 14.4 Å². The summed E-state index contributed by atoms with van der Waals surface area (Å²) in [4.78, 5) is 24.8. The van der Waals surface area contributed by atoms with Gasteiger partial charge in [-0.2, -0.15) is 9.40 Å². The smallest absolute Gasteiger partial charge is 0.324 e. The molecule has 0 aliphatic carbocycles. The molecule has 3 rings (SSSR count). The molecule has 3 amide bonds. The van der Waals surface area contributed by atoms with Crippen LogP contribution in [-0.4, -0.2) is 65.0 Å². The molecule has 3 heterocycles. The van der Waals surface area contributed by atoms with Crippen molar-refractivity contribution in [3.63, 3.8) is 0 Å². The normalized spacial score (nSPS) is 22.9. The van der Waals surface area contributed by atoms with Crippen LogP contribution in [0.2, 0.25) is 0 Å². The fraction of sp³-hybridized carbons (Fsp3) is 0.615. The maximum absolute atomic E-state index is 12.9. The maximum Gasteiger partial charge on any atom is 0.324 e. The third-order valence-corrected chi connectivity index (χ3v) is 6.53. The lowest BCUT2D eigenvalue weighted by Gasteiger charge is -2.21. The molecule has 1 atom stereocenters. The van der Waals surface area contributed by atoms with Crippen LogP contribution in [-0.2, 0) is 21.9 Å². The summed E-state index contributed by atoms with van der Waals surface area (Å²) in [5.41, 5.74) is 1.02. The first-order chi connectivity index (χ1) is 10.7. The van der Waals surface area contributed by atoms with Gasteiger partial charge in [0.05, 0.1) is 24.0 Å². The first-order valence-corrected chi connectivity index (χ1v) is 8.77. The number of sulfonamides is 1. The third kappa shape index (κ3) is 2.41. The molecule has 2 aliphatic rings. The predicted molar refractivity (Wildman–Crippen MR) is 80.1 cm³/mol. The minimum atomic E-state index is -3.70. The minimum Gasteiger partial charge on any atom is -0.329 e. The van der Waals surface area contributed by atoms with Crippen molar-refractivity contribution in [2.24, 2.45) is 7.05 Å². The molecule has 2 saturated heterocycles. The largest absolute Gasteiger partial charge is 0.329 e. The molecule has 10 heteroatoms. The van der Waals surface area contributed by atoms with E-state index >= 15 is 0 Å². The van der Waals surface area contributed by atoms with Crippen molar-refractivity contribution in [3.8, 4) is 0 Å². The van der Waals surface area contributed by atoms with Gasteiger partial charge in [0.15, 0.2) is 0 Å². The molecule has 1 N–H and O–H groups in total. The second kappa shape index (κ2) is 5.31. The molecule has 0 spiro atoms. The van der Waals surface area contributed by atoms with Crippen molar-refractivity contribution >= 4 is 22.0 Å². The summed E-state index contributed by atoms with van der Waals surface area (Å²) in [6.07, 6.45) is 0.441. The Kier molecular flexibility index (Phi) is 3.68. The Balaban J connectivity index is 1.86. The van der Waals surface area contributed by atoms with Crippen LogP contribution in [0.15, 0.2) is 4.90 Å². The number of carbonyl (C=O) groups excluding carboxylic acids is 2. The maximum atomic E-state index is 12.9. The molecule has 2 fully saturated rings. The molecule has 9 nitrogen and oxygen atoms in total. The van der Waals surface area contributed by atoms with E-state index in [0.29, 0.717) is 17.8 Å². The van der Waals surface area contributed by atoms with E-state index in [1.54, 1.807) is 20.9 Å². The highest BCUT2D eigenvalue weighted by molar-refractivity contribution is 7.89. The molecule has 0 saturated carbocycles. The number of aryl methyl sites for hydroxylation is 2. The summed E-state index contributed by atoms with van der Waals surface area (Å²) < 4.78 is 28.6. The summed E-state index contributed by atoms with van der Waals surface area (Å²) >= 11 is 0. The van der Waals surface area contributed by atoms with Crippen molar-refractivity contribution in [2.45, 2.75) is 31.2 Å². The van der Waals surface area contributed by atoms with Crippen LogP contribution in [0.25, 0.3) is 0 Å². The lowest BCUT2D eigenvalue weighted by Crippen LogP contribution is -2.43. The second-order valence-corrected chi connectivity index (χ2v) is 7.73. The quantitative estimate of drug-likeness (QED) is 0.736. The van der Waals surface area contributed by atoms with Gasteiger partial charge in [-0.1, -0.05) is 0 Å². The zero-order chi connectivity index (χ0) is 16.9. The first kappa shape index (κ1) is 15.9. The Morgan fingerprint density at radius 2 is 1.96 bits per heavy atom. The van der Waals surface area contributed by atoms with Gasteiger partial charge in [0.1, 0.15) is 4.90 Å². The van der Waals surface area contributed by atoms with Crippen LogP contribution >= 0.6 is 0 Å². The van der Waals surface area contributed by atoms with Crippen molar-refractivity contribution in [2.75, 3.05) is 19.6 Å². The molecular weight excluding hydrogens is 322 g/mol. The van der Waals surface area contributed by atoms with E-state index in [2.05, 4.69) is 10.4 Å². The molecule has 2 aliphatic heterocycles. The van der Waals surface area contributed by atoms with Crippen LogP contribution in [0.4, 0.5) is 4.79 Å². The van der Waals surface area contributed by atoms with Crippen molar-refractivity contribution in [3.05, 3.63) is 11.4 Å². The number of amides is 3. The van der Waals surface area contributed by atoms with E-state index in [0.717, 1.165) is 4.90 Å². The monoisotopic (exact) mass is 341 g/mol. The van der Waals surface area contributed by atoms with Gasteiger partial charge in [0, 0.05) is 20.1 Å². The van der Waals surface area contributed by atoms with Crippen LogP contribution in [0, 0.1) is 13.8 Å². The van der Waals surface area contributed by atoms with Gasteiger partial charge in [-0.05, 0) is 20.3 Å². The van der Waals surface area contributed by atoms with E-state index in [1.165, 1.54) is 8.99 Å². The molecule has 1 unspecified atom stereocenters. The van der Waals surface area contributed by atoms with E-state index in [1.807, 2.05) is 0 Å². The number of rotatable bonds is 3. The van der Waals surface area contributed by atoms with Crippen LogP contribution < -0.4 is 5.32 Å². The SMILES string of the molecule is Cc1nn(C)c(C)c1S(=O)(=O)N1CCC(N2C(=O)CNC2=O)C1. The fourth-order valence-electron chi connectivity index (χ4n) is 3.20. The molecule has 1 aromatic rings. The van der Waals surface area contributed by atoms with Gasteiger partial charge in [0.2, 0.25) is 15.9 Å². The number of nitrogens with zero attached hydrogens (tertiary/aromatic N) is 4. The average molecular weight is 341 g/mol. The summed E-state index contributed by atoms with van der Waals surface area (Å²) in [5.74, 6) is -0.312. The number of nitrogens with one attached hydrogen (secondary N) is 1. The number of urea groups is 1. The van der Waals surface area contributed by atoms with Gasteiger partial charge >= 0.3 is 6.03 Å². The minimum absolute atomic E-state index is 0.0249. The van der Waals surface area contributed by atoms with Crippen molar-refractivity contribution < 1.29 is 18.0 Å². The summed E-state index contributed by atoms with van der Waals surface area (Å²) in [6.45, 7) is 3.73. The van der Waals surface area contributed by atoms with Gasteiger partial charge in [-0.15, -0.1) is 0 Å². The molecular formula is C13H19N5O4S. The lowest BCUT2D eigenvalue weighted by molar-refractivity contribution is -0.126. The number of hydrogen-bond acceptors (Lipinski definition) is 5. The lowest BCUT2D eigenvalue weighted by atomic mass is 10.2. The highest BCUT2D eigenvalue weighted by Gasteiger charge is 2.42. The number of hydrogen-bond donors (Lipinski definition) is 1. The molecule has 23 heavy (non-hydrogen) atoms. The molecule has 0 bridgehead atoms. The van der Waals surface area contributed by atoms with Gasteiger partial charge < -0.3 is 5.32 Å². The Labute approximate surface area is 134 Å². The molecule has 1 aromatic heterocycles. The van der Waals surface area contributed by atoms with Crippen LogP contribution in [0.3, 0.4) is 0 Å². The predicted octanol–water partition coefficient (Wildman–Crippen LogP) is -0.648. The van der Waals surface area contributed by atoms with Crippen LogP contribution in [0.5, 0.6) is 0 Å². The molecule has 0 aromatic carbocycles. The number of imide groups is 1. The Morgan fingerprint density at radius 1 is 1.26 bits per heavy atom. The van der Waals surface area contributed by atoms with Crippen molar-refractivity contribution in [1.82, 2.24) is 24.3 Å². The second-order valence-electron chi connectivity index (χ2n) is 5.85. The summed E-state index contributed by atoms with van der Waals surface area (Å²) in [6, 6.07) is -0.870. The van der Waals surface area contributed by atoms with E-state index < -0.39 is 22.1 Å². The van der Waals surface area contributed by atoms with E-state index in [-0.39, 0.29) is 30.4 Å². The summed E-state index contributed by atoms with van der Waals surface area (Å²) in [5, 5.41) is 6.61. The number of aromatic nitrogens is 2. The highest BCUT2D eigenvalue weighted by atomic mass is 32.2. The molecule has 126 valence electrons.